The molecule has 3 rings (SSSR count). The molecule has 6 nitrogen and oxygen atoms in total. The smallest absolute Gasteiger partial charge is 0.244 e. The zero-order chi connectivity index (χ0) is 18.9. The average Bonchev–Trinajstić information content (AvgIpc) is 3.40. The zero-order valence-electron chi connectivity index (χ0n) is 15.7. The Labute approximate surface area is 155 Å². The maximum atomic E-state index is 12.7. The monoisotopic (exact) mass is 378 g/mol. The summed E-state index contributed by atoms with van der Waals surface area (Å²) < 4.78 is 40.8. The van der Waals surface area contributed by atoms with E-state index in [9.17, 15) is 8.42 Å². The van der Waals surface area contributed by atoms with Crippen molar-refractivity contribution in [2.45, 2.75) is 44.0 Å². The number of benzene rings is 1. The van der Waals surface area contributed by atoms with Crippen LogP contribution >= 0.6 is 0 Å². The van der Waals surface area contributed by atoms with Gasteiger partial charge in [0.25, 0.3) is 0 Å². The maximum absolute atomic E-state index is 12.7. The van der Waals surface area contributed by atoms with Gasteiger partial charge in [-0.3, -0.25) is 0 Å². The summed E-state index contributed by atoms with van der Waals surface area (Å²) in [5.41, 5.74) is 3.68. The van der Waals surface area contributed by atoms with Crippen LogP contribution in [0.25, 0.3) is 0 Å². The second-order valence-corrected chi connectivity index (χ2v) is 8.40. The molecule has 1 saturated carbocycles. The van der Waals surface area contributed by atoms with E-state index in [0.717, 1.165) is 0 Å². The molecule has 1 aliphatic rings. The molecule has 1 aromatic heterocycles. The Morgan fingerprint density at radius 3 is 2.50 bits per heavy atom. The number of nitrogens with zero attached hydrogens (tertiary/aromatic N) is 1. The second-order valence-electron chi connectivity index (χ2n) is 6.66. The van der Waals surface area contributed by atoms with Gasteiger partial charge < -0.3 is 14.0 Å². The number of nitrogens with one attached hydrogen (secondary N) is 1. The highest BCUT2D eigenvalue weighted by Crippen LogP contribution is 2.38. The predicted octanol–water partition coefficient (Wildman–Crippen LogP) is 2.98. The minimum atomic E-state index is -3.69. The van der Waals surface area contributed by atoms with Gasteiger partial charge in [-0.05, 0) is 56.9 Å². The van der Waals surface area contributed by atoms with Gasteiger partial charge >= 0.3 is 0 Å². The van der Waals surface area contributed by atoms with Gasteiger partial charge in [0.2, 0.25) is 10.0 Å². The minimum Gasteiger partial charge on any atom is -0.497 e. The van der Waals surface area contributed by atoms with E-state index in [1.54, 1.807) is 12.1 Å². The van der Waals surface area contributed by atoms with E-state index in [4.69, 9.17) is 9.47 Å². The van der Waals surface area contributed by atoms with Gasteiger partial charge in [0.05, 0.1) is 14.2 Å². The first-order valence-corrected chi connectivity index (χ1v) is 10.2. The summed E-state index contributed by atoms with van der Waals surface area (Å²) in [6.07, 6.45) is 3.12. The molecule has 1 aliphatic carbocycles. The van der Waals surface area contributed by atoms with Gasteiger partial charge in [-0.25, -0.2) is 13.1 Å². The first kappa shape index (κ1) is 18.8. The highest BCUT2D eigenvalue weighted by atomic mass is 32.2. The molecule has 7 heteroatoms. The molecule has 2 aromatic rings. The summed E-state index contributed by atoms with van der Waals surface area (Å²) in [6.45, 7) is 4.55. The Morgan fingerprint density at radius 1 is 1.15 bits per heavy atom. The van der Waals surface area contributed by atoms with Crippen molar-refractivity contribution in [3.63, 3.8) is 0 Å². The fourth-order valence-electron chi connectivity index (χ4n) is 3.38. The molecule has 0 radical (unpaired) electrons. The van der Waals surface area contributed by atoms with Crippen molar-refractivity contribution in [3.8, 4) is 11.5 Å². The van der Waals surface area contributed by atoms with Crippen molar-refractivity contribution in [2.75, 3.05) is 20.8 Å². The van der Waals surface area contributed by atoms with Crippen molar-refractivity contribution in [1.82, 2.24) is 9.29 Å². The molecule has 1 heterocycles. The zero-order valence-corrected chi connectivity index (χ0v) is 16.5. The van der Waals surface area contributed by atoms with Crippen LogP contribution in [0.4, 0.5) is 0 Å². The number of sulfonamides is 1. The molecule has 0 atom stereocenters. The third-order valence-electron chi connectivity index (χ3n) is 4.85. The lowest BCUT2D eigenvalue weighted by Gasteiger charge is -2.12. The third kappa shape index (κ3) is 3.73. The summed E-state index contributed by atoms with van der Waals surface area (Å²) in [4.78, 5) is 0.0859. The molecule has 0 amide bonds. The molecule has 1 N–H and O–H groups in total. The minimum absolute atomic E-state index is 0.0859. The third-order valence-corrected chi connectivity index (χ3v) is 6.33. The topological polar surface area (TPSA) is 69.6 Å². The number of rotatable bonds is 8. The van der Waals surface area contributed by atoms with E-state index >= 15 is 0 Å². The molecule has 26 heavy (non-hydrogen) atoms. The highest BCUT2D eigenvalue weighted by Gasteiger charge is 2.27. The number of hydrogen-bond acceptors (Lipinski definition) is 4. The fraction of sp³-hybridized carbons (Fsp3) is 0.474. The molecule has 0 unspecified atom stereocenters. The van der Waals surface area contributed by atoms with Gasteiger partial charge in [0.1, 0.15) is 16.4 Å². The maximum Gasteiger partial charge on any atom is 0.244 e. The Balaban J connectivity index is 1.72. The van der Waals surface area contributed by atoms with Crippen LogP contribution in [-0.2, 0) is 16.4 Å². The van der Waals surface area contributed by atoms with Crippen LogP contribution in [0.2, 0.25) is 0 Å². The lowest BCUT2D eigenvalue weighted by molar-refractivity contribution is 0.392. The first-order chi connectivity index (χ1) is 12.4. The van der Waals surface area contributed by atoms with Crippen LogP contribution in [0.1, 0.15) is 35.8 Å². The van der Waals surface area contributed by atoms with E-state index in [-0.39, 0.29) is 4.90 Å². The van der Waals surface area contributed by atoms with Gasteiger partial charge in [-0.1, -0.05) is 0 Å². The first-order valence-electron chi connectivity index (χ1n) is 8.76. The SMILES string of the molecule is COc1ccc(OC)c(S(=O)(=O)NCCc2cc(C)n(C3CC3)c2C)c1. The number of aromatic nitrogens is 1. The molecule has 0 bridgehead atoms. The predicted molar refractivity (Wildman–Crippen MR) is 101 cm³/mol. The standard InChI is InChI=1S/C19H26N2O4S/c1-13-11-15(14(2)21(13)16-5-6-16)9-10-20-26(22,23)19-12-17(24-3)7-8-18(19)25-4/h7-8,11-12,16,20H,5-6,9-10H2,1-4H3. The van der Waals surface area contributed by atoms with E-state index in [2.05, 4.69) is 29.2 Å². The Morgan fingerprint density at radius 2 is 1.88 bits per heavy atom. The normalized spacial score (nSPS) is 14.5. The largest absolute Gasteiger partial charge is 0.497 e. The van der Waals surface area contributed by atoms with Crippen LogP contribution in [0.15, 0.2) is 29.2 Å². The van der Waals surface area contributed by atoms with Crippen LogP contribution in [0.3, 0.4) is 0 Å². The average molecular weight is 378 g/mol. The highest BCUT2D eigenvalue weighted by molar-refractivity contribution is 7.89. The molecule has 142 valence electrons. The van der Waals surface area contributed by atoms with E-state index in [1.807, 2.05) is 0 Å². The Hall–Kier alpha value is -1.99. The lowest BCUT2D eigenvalue weighted by atomic mass is 10.2. The van der Waals surface area contributed by atoms with Gasteiger partial charge in [0, 0.05) is 30.0 Å². The number of hydrogen-bond donors (Lipinski definition) is 1. The summed E-state index contributed by atoms with van der Waals surface area (Å²) in [5.74, 6) is 0.768. The van der Waals surface area contributed by atoms with E-state index < -0.39 is 10.0 Å². The van der Waals surface area contributed by atoms with Crippen molar-refractivity contribution in [2.24, 2.45) is 0 Å². The van der Waals surface area contributed by atoms with Crippen molar-refractivity contribution in [3.05, 3.63) is 41.2 Å². The quantitative estimate of drug-likeness (QED) is 0.767. The summed E-state index contributed by atoms with van der Waals surface area (Å²) >= 11 is 0. The molecule has 0 aliphatic heterocycles. The fourth-order valence-corrected chi connectivity index (χ4v) is 4.60. The molecule has 1 aromatic carbocycles. The summed E-state index contributed by atoms with van der Waals surface area (Å²) in [6, 6.07) is 7.52. The van der Waals surface area contributed by atoms with Crippen molar-refractivity contribution in [1.29, 1.82) is 0 Å². The lowest BCUT2D eigenvalue weighted by Crippen LogP contribution is -2.26. The number of aryl methyl sites for hydroxylation is 1. The molecule has 0 saturated heterocycles. The Kier molecular flexibility index (Phi) is 5.29. The van der Waals surface area contributed by atoms with E-state index in [0.29, 0.717) is 30.5 Å². The van der Waals surface area contributed by atoms with Crippen molar-refractivity contribution < 1.29 is 17.9 Å². The molecular formula is C19H26N2O4S. The Bertz CT molecular complexity index is 899. The van der Waals surface area contributed by atoms with Crippen LogP contribution in [-0.4, -0.2) is 33.7 Å². The number of methoxy groups -OCH3 is 2. The summed E-state index contributed by atoms with van der Waals surface area (Å²) in [7, 11) is -0.735. The van der Waals surface area contributed by atoms with Crippen LogP contribution < -0.4 is 14.2 Å². The molecule has 1 fully saturated rings. The van der Waals surface area contributed by atoms with Crippen molar-refractivity contribution >= 4 is 10.0 Å². The summed E-state index contributed by atoms with van der Waals surface area (Å²) in [5, 5.41) is 0. The van der Waals surface area contributed by atoms with Gasteiger partial charge in [-0.15, -0.1) is 0 Å². The molecule has 0 spiro atoms. The van der Waals surface area contributed by atoms with E-state index in [1.165, 1.54) is 50.1 Å². The van der Waals surface area contributed by atoms with Crippen LogP contribution in [0, 0.1) is 13.8 Å². The number of ether oxygens (including phenoxy) is 2. The van der Waals surface area contributed by atoms with Crippen LogP contribution in [0.5, 0.6) is 11.5 Å². The van der Waals surface area contributed by atoms with Gasteiger partial charge in [0.15, 0.2) is 0 Å². The molecular weight excluding hydrogens is 352 g/mol. The van der Waals surface area contributed by atoms with Gasteiger partial charge in [-0.2, -0.15) is 0 Å². The second kappa shape index (κ2) is 7.32.